The molecule has 0 spiro atoms. The number of anilines is 3. The Hall–Kier alpha value is -6.38. The summed E-state index contributed by atoms with van der Waals surface area (Å²) in [5.41, 5.74) is 12.1. The van der Waals surface area contributed by atoms with E-state index < -0.39 is 0 Å². The van der Waals surface area contributed by atoms with Gasteiger partial charge in [-0.2, -0.15) is 0 Å². The van der Waals surface area contributed by atoms with Crippen molar-refractivity contribution >= 4 is 49.8 Å². The number of benzene rings is 8. The Balaban J connectivity index is 1.12. The second-order valence-electron chi connectivity index (χ2n) is 12.2. The highest BCUT2D eigenvalue weighted by Gasteiger charge is 2.16. The maximum Gasteiger partial charge on any atom is 0.137 e. The van der Waals surface area contributed by atoms with E-state index in [-0.39, 0.29) is 0 Å². The lowest BCUT2D eigenvalue weighted by atomic mass is 9.97. The molecule has 0 radical (unpaired) electrons. The molecule has 0 saturated heterocycles. The van der Waals surface area contributed by atoms with E-state index in [4.69, 9.17) is 4.42 Å². The van der Waals surface area contributed by atoms with Crippen LogP contribution in [0.15, 0.2) is 192 Å². The summed E-state index contributed by atoms with van der Waals surface area (Å²) in [6.45, 7) is 0. The summed E-state index contributed by atoms with van der Waals surface area (Å²) < 4.78 is 6.33. The SMILES string of the molecule is c1ccc(-c2cccc(N(c3ccc(-c4cccc(-c5ccc6ccccc6c5)c4)cc3)c3ccc4c(c3)oc3ccccc34)c2)cc1. The Morgan fingerprint density at radius 3 is 1.71 bits per heavy atom. The molecular weight excluding hydrogens is 583 g/mol. The summed E-state index contributed by atoms with van der Waals surface area (Å²) in [5.74, 6) is 0. The maximum atomic E-state index is 6.33. The third-order valence-corrected chi connectivity index (χ3v) is 9.24. The highest BCUT2D eigenvalue weighted by atomic mass is 16.3. The summed E-state index contributed by atoms with van der Waals surface area (Å²) in [5, 5.41) is 4.76. The van der Waals surface area contributed by atoms with E-state index in [0.717, 1.165) is 39.0 Å². The first-order valence-electron chi connectivity index (χ1n) is 16.3. The third-order valence-electron chi connectivity index (χ3n) is 9.24. The predicted octanol–water partition coefficient (Wildman–Crippen LogP) is 13.2. The smallest absolute Gasteiger partial charge is 0.137 e. The van der Waals surface area contributed by atoms with Crippen molar-refractivity contribution in [3.05, 3.63) is 188 Å². The molecule has 0 amide bonds. The molecule has 9 rings (SSSR count). The molecule has 0 N–H and O–H groups in total. The zero-order valence-electron chi connectivity index (χ0n) is 26.3. The van der Waals surface area contributed by atoms with E-state index >= 15 is 0 Å². The number of nitrogens with zero attached hydrogens (tertiary/aromatic N) is 1. The van der Waals surface area contributed by atoms with E-state index in [1.54, 1.807) is 0 Å². The number of para-hydroxylation sites is 1. The average molecular weight is 614 g/mol. The Morgan fingerprint density at radius 2 is 0.854 bits per heavy atom. The van der Waals surface area contributed by atoms with Crippen molar-refractivity contribution in [2.45, 2.75) is 0 Å². The maximum absolute atomic E-state index is 6.33. The summed E-state index contributed by atoms with van der Waals surface area (Å²) in [6, 6.07) is 67.0. The van der Waals surface area contributed by atoms with E-state index in [1.165, 1.54) is 44.2 Å². The van der Waals surface area contributed by atoms with Crippen molar-refractivity contribution in [1.82, 2.24) is 0 Å². The molecule has 0 fully saturated rings. The average Bonchev–Trinajstić information content (AvgIpc) is 3.54. The molecule has 1 heterocycles. The van der Waals surface area contributed by atoms with Crippen LogP contribution >= 0.6 is 0 Å². The topological polar surface area (TPSA) is 16.4 Å². The Labute approximate surface area is 279 Å². The van der Waals surface area contributed by atoms with Crippen molar-refractivity contribution < 1.29 is 4.42 Å². The van der Waals surface area contributed by atoms with E-state index in [1.807, 2.05) is 12.1 Å². The predicted molar refractivity (Wildman–Crippen MR) is 202 cm³/mol. The van der Waals surface area contributed by atoms with Crippen LogP contribution in [0, 0.1) is 0 Å². The molecule has 8 aromatic carbocycles. The fraction of sp³-hybridized carbons (Fsp3) is 0. The van der Waals surface area contributed by atoms with Crippen molar-refractivity contribution in [2.24, 2.45) is 0 Å². The molecule has 9 aromatic rings. The fourth-order valence-corrected chi connectivity index (χ4v) is 6.81. The first kappa shape index (κ1) is 27.9. The van der Waals surface area contributed by atoms with Crippen molar-refractivity contribution in [2.75, 3.05) is 4.90 Å². The molecule has 0 aliphatic heterocycles. The minimum absolute atomic E-state index is 0.875. The third kappa shape index (κ3) is 5.10. The zero-order valence-corrected chi connectivity index (χ0v) is 26.3. The molecule has 0 bridgehead atoms. The van der Waals surface area contributed by atoms with Gasteiger partial charge in [0.25, 0.3) is 0 Å². The van der Waals surface area contributed by atoms with Crippen molar-refractivity contribution in [1.29, 1.82) is 0 Å². The van der Waals surface area contributed by atoms with Crippen LogP contribution in [0.1, 0.15) is 0 Å². The van der Waals surface area contributed by atoms with Gasteiger partial charge in [-0.1, -0.05) is 127 Å². The molecule has 0 aliphatic rings. The number of fused-ring (bicyclic) bond motifs is 4. The molecule has 2 heteroatoms. The highest BCUT2D eigenvalue weighted by Crippen LogP contribution is 2.40. The summed E-state index contributed by atoms with van der Waals surface area (Å²) in [4.78, 5) is 2.31. The van der Waals surface area contributed by atoms with Gasteiger partial charge < -0.3 is 9.32 Å². The fourth-order valence-electron chi connectivity index (χ4n) is 6.81. The van der Waals surface area contributed by atoms with Gasteiger partial charge in [-0.25, -0.2) is 0 Å². The molecule has 0 aliphatic carbocycles. The van der Waals surface area contributed by atoms with Crippen LogP contribution in [-0.4, -0.2) is 0 Å². The van der Waals surface area contributed by atoms with Gasteiger partial charge in [-0.15, -0.1) is 0 Å². The molecule has 0 unspecified atom stereocenters. The molecule has 1 aromatic heterocycles. The first-order valence-corrected chi connectivity index (χ1v) is 16.3. The lowest BCUT2D eigenvalue weighted by Gasteiger charge is -2.26. The summed E-state index contributed by atoms with van der Waals surface area (Å²) in [7, 11) is 0. The molecule has 2 nitrogen and oxygen atoms in total. The molecule has 48 heavy (non-hydrogen) atoms. The molecule has 0 atom stereocenters. The van der Waals surface area contributed by atoms with Crippen molar-refractivity contribution in [3.8, 4) is 33.4 Å². The number of furan rings is 1. The van der Waals surface area contributed by atoms with E-state index in [2.05, 4.69) is 181 Å². The van der Waals surface area contributed by atoms with Crippen molar-refractivity contribution in [3.63, 3.8) is 0 Å². The van der Waals surface area contributed by atoms with Gasteiger partial charge in [-0.3, -0.25) is 0 Å². The van der Waals surface area contributed by atoms with Gasteiger partial charge in [-0.05, 0) is 98.8 Å². The number of hydrogen-bond acceptors (Lipinski definition) is 2. The van der Waals surface area contributed by atoms with Gasteiger partial charge in [0.15, 0.2) is 0 Å². The summed E-state index contributed by atoms with van der Waals surface area (Å²) in [6.07, 6.45) is 0. The zero-order chi connectivity index (χ0) is 31.9. The normalized spacial score (nSPS) is 11.3. The van der Waals surface area contributed by atoms with E-state index in [0.29, 0.717) is 0 Å². The number of hydrogen-bond donors (Lipinski definition) is 0. The minimum atomic E-state index is 0.875. The quantitative estimate of drug-likeness (QED) is 0.185. The van der Waals surface area contributed by atoms with Crippen LogP contribution in [-0.2, 0) is 0 Å². The lowest BCUT2D eigenvalue weighted by Crippen LogP contribution is -2.10. The minimum Gasteiger partial charge on any atom is -0.456 e. The van der Waals surface area contributed by atoms with Gasteiger partial charge in [0.2, 0.25) is 0 Å². The summed E-state index contributed by atoms with van der Waals surface area (Å²) >= 11 is 0. The number of rotatable bonds is 6. The molecular formula is C46H31NO. The van der Waals surface area contributed by atoms with Gasteiger partial charge in [0, 0.05) is 33.9 Å². The monoisotopic (exact) mass is 613 g/mol. The Kier molecular flexibility index (Phi) is 6.84. The van der Waals surface area contributed by atoms with Crippen LogP contribution in [0.4, 0.5) is 17.1 Å². The largest absolute Gasteiger partial charge is 0.456 e. The lowest BCUT2D eigenvalue weighted by molar-refractivity contribution is 0.669. The standard InChI is InChI=1S/C46H31NO/c1-2-10-32(11-3-1)38-16-9-17-41(30-38)47(42-26-27-44-43-18-6-7-19-45(43)48-46(44)31-42)40-24-22-34(23-25-40)36-14-8-15-37(28-36)39-21-20-33-12-4-5-13-35(33)29-39/h1-31H. The van der Waals surface area contributed by atoms with Gasteiger partial charge in [0.05, 0.1) is 0 Å². The van der Waals surface area contributed by atoms with Crippen LogP contribution < -0.4 is 4.90 Å². The van der Waals surface area contributed by atoms with E-state index in [9.17, 15) is 0 Å². The van der Waals surface area contributed by atoms with Crippen LogP contribution in [0.25, 0.3) is 66.1 Å². The highest BCUT2D eigenvalue weighted by molar-refractivity contribution is 6.06. The van der Waals surface area contributed by atoms with Gasteiger partial charge >= 0.3 is 0 Å². The Bertz CT molecular complexity index is 2560. The second kappa shape index (κ2) is 11.8. The Morgan fingerprint density at radius 1 is 0.292 bits per heavy atom. The van der Waals surface area contributed by atoms with Crippen LogP contribution in [0.2, 0.25) is 0 Å². The molecule has 226 valence electrons. The second-order valence-corrected chi connectivity index (χ2v) is 12.2. The first-order chi connectivity index (χ1) is 23.8. The van der Waals surface area contributed by atoms with Crippen LogP contribution in [0.5, 0.6) is 0 Å². The van der Waals surface area contributed by atoms with Crippen LogP contribution in [0.3, 0.4) is 0 Å². The molecule has 0 saturated carbocycles. The van der Waals surface area contributed by atoms with Gasteiger partial charge in [0.1, 0.15) is 11.2 Å².